The van der Waals surface area contributed by atoms with Crippen LogP contribution in [0.2, 0.25) is 0 Å². The van der Waals surface area contributed by atoms with Gasteiger partial charge in [0.15, 0.2) is 0 Å². The first-order chi connectivity index (χ1) is 17.9. The van der Waals surface area contributed by atoms with E-state index in [0.29, 0.717) is 18.2 Å². The number of nitrogens with one attached hydrogen (secondary N) is 4. The zero-order chi connectivity index (χ0) is 28.7. The van der Waals surface area contributed by atoms with E-state index in [-0.39, 0.29) is 37.7 Å². The SMILES string of the molecule is C=COC(=O)CCCC(=O)N[C@H](C(=O)N[C@@H](C)C(=O)Nc1ccc(COC(=O)NCC(C)C)cc1)C(C)C. The molecule has 0 saturated carbocycles. The van der Waals surface area contributed by atoms with Crippen molar-refractivity contribution in [1.29, 1.82) is 0 Å². The second-order valence-corrected chi connectivity index (χ2v) is 9.57. The van der Waals surface area contributed by atoms with Crippen LogP contribution in [0, 0.1) is 11.8 Å². The fourth-order valence-corrected chi connectivity index (χ4v) is 3.12. The van der Waals surface area contributed by atoms with Crippen LogP contribution in [0.15, 0.2) is 37.1 Å². The molecule has 1 rings (SSSR count). The van der Waals surface area contributed by atoms with Gasteiger partial charge in [-0.3, -0.25) is 19.2 Å². The molecule has 0 aliphatic rings. The quantitative estimate of drug-likeness (QED) is 0.200. The molecule has 38 heavy (non-hydrogen) atoms. The second kappa shape index (κ2) is 16.8. The molecule has 11 heteroatoms. The number of esters is 1. The molecule has 0 unspecified atom stereocenters. The van der Waals surface area contributed by atoms with Crippen molar-refractivity contribution >= 4 is 35.5 Å². The third-order valence-electron chi connectivity index (χ3n) is 5.26. The Kier molecular flexibility index (Phi) is 14.2. The zero-order valence-corrected chi connectivity index (χ0v) is 22.8. The summed E-state index contributed by atoms with van der Waals surface area (Å²) in [6.07, 6.45) is 0.893. The van der Waals surface area contributed by atoms with Crippen molar-refractivity contribution < 1.29 is 33.4 Å². The molecule has 4 N–H and O–H groups in total. The van der Waals surface area contributed by atoms with Gasteiger partial charge in [-0.25, -0.2) is 4.79 Å². The van der Waals surface area contributed by atoms with Crippen molar-refractivity contribution in [3.63, 3.8) is 0 Å². The first kappa shape index (κ1) is 32.1. The number of anilines is 1. The number of rotatable bonds is 15. The number of hydrogen-bond acceptors (Lipinski definition) is 7. The normalized spacial score (nSPS) is 12.2. The molecule has 0 aromatic heterocycles. The van der Waals surface area contributed by atoms with Crippen LogP contribution in [0.25, 0.3) is 0 Å². The smallest absolute Gasteiger partial charge is 0.407 e. The number of amides is 4. The number of benzene rings is 1. The van der Waals surface area contributed by atoms with E-state index in [1.807, 2.05) is 13.8 Å². The molecule has 0 spiro atoms. The lowest BCUT2D eigenvalue weighted by atomic mass is 10.0. The third-order valence-corrected chi connectivity index (χ3v) is 5.26. The topological polar surface area (TPSA) is 152 Å². The van der Waals surface area contributed by atoms with Gasteiger partial charge >= 0.3 is 12.1 Å². The van der Waals surface area contributed by atoms with Crippen LogP contribution in [0.5, 0.6) is 0 Å². The largest absolute Gasteiger partial charge is 0.445 e. The Morgan fingerprint density at radius 3 is 2.16 bits per heavy atom. The fourth-order valence-electron chi connectivity index (χ4n) is 3.12. The molecule has 4 amide bonds. The lowest BCUT2D eigenvalue weighted by molar-refractivity contribution is -0.138. The lowest BCUT2D eigenvalue weighted by Crippen LogP contribution is -2.53. The van der Waals surface area contributed by atoms with Crippen molar-refractivity contribution in [2.45, 2.75) is 72.6 Å². The van der Waals surface area contributed by atoms with Crippen LogP contribution in [-0.4, -0.2) is 48.4 Å². The summed E-state index contributed by atoms with van der Waals surface area (Å²) in [4.78, 5) is 60.7. The van der Waals surface area contributed by atoms with E-state index in [1.54, 1.807) is 38.1 Å². The van der Waals surface area contributed by atoms with Crippen molar-refractivity contribution in [2.24, 2.45) is 11.8 Å². The van der Waals surface area contributed by atoms with Gasteiger partial charge in [-0.05, 0) is 42.9 Å². The first-order valence-corrected chi connectivity index (χ1v) is 12.6. The molecule has 0 bridgehead atoms. The first-order valence-electron chi connectivity index (χ1n) is 12.6. The van der Waals surface area contributed by atoms with Gasteiger partial charge in [0.1, 0.15) is 18.7 Å². The minimum absolute atomic E-state index is 0.0441. The van der Waals surface area contributed by atoms with Crippen LogP contribution in [0.1, 0.15) is 59.4 Å². The Labute approximate surface area is 224 Å². The molecule has 0 heterocycles. The predicted octanol–water partition coefficient (Wildman–Crippen LogP) is 3.01. The zero-order valence-electron chi connectivity index (χ0n) is 22.8. The van der Waals surface area contributed by atoms with Crippen molar-refractivity contribution in [2.75, 3.05) is 11.9 Å². The minimum atomic E-state index is -0.873. The van der Waals surface area contributed by atoms with E-state index in [1.165, 1.54) is 6.92 Å². The number of alkyl carbamates (subject to hydrolysis) is 1. The molecule has 0 aliphatic heterocycles. The van der Waals surface area contributed by atoms with E-state index >= 15 is 0 Å². The number of hydrogen-bond donors (Lipinski definition) is 4. The summed E-state index contributed by atoms with van der Waals surface area (Å²) in [6, 6.07) is 5.04. The Morgan fingerprint density at radius 2 is 1.58 bits per heavy atom. The van der Waals surface area contributed by atoms with E-state index in [0.717, 1.165) is 11.8 Å². The minimum Gasteiger partial charge on any atom is -0.445 e. The molecule has 0 radical (unpaired) electrons. The monoisotopic (exact) mass is 532 g/mol. The van der Waals surface area contributed by atoms with Gasteiger partial charge in [-0.15, -0.1) is 0 Å². The van der Waals surface area contributed by atoms with E-state index < -0.39 is 36.0 Å². The Balaban J connectivity index is 2.54. The number of carbonyl (C=O) groups is 5. The maximum atomic E-state index is 12.8. The molecule has 2 atom stereocenters. The predicted molar refractivity (Wildman–Crippen MR) is 143 cm³/mol. The number of carbonyl (C=O) groups excluding carboxylic acids is 5. The molecule has 0 saturated heterocycles. The van der Waals surface area contributed by atoms with Crippen LogP contribution >= 0.6 is 0 Å². The highest BCUT2D eigenvalue weighted by Crippen LogP contribution is 2.11. The summed E-state index contributed by atoms with van der Waals surface area (Å²) in [5.41, 5.74) is 1.25. The summed E-state index contributed by atoms with van der Waals surface area (Å²) < 4.78 is 9.75. The highest BCUT2D eigenvalue weighted by Gasteiger charge is 2.27. The highest BCUT2D eigenvalue weighted by molar-refractivity contribution is 5.98. The van der Waals surface area contributed by atoms with E-state index in [4.69, 9.17) is 4.74 Å². The highest BCUT2D eigenvalue weighted by atomic mass is 16.5. The van der Waals surface area contributed by atoms with Gasteiger partial charge < -0.3 is 30.7 Å². The Bertz CT molecular complexity index is 961. The molecule has 210 valence electrons. The third kappa shape index (κ3) is 12.9. The summed E-state index contributed by atoms with van der Waals surface area (Å²) in [5.74, 6) is -1.72. The molecular weight excluding hydrogens is 492 g/mol. The summed E-state index contributed by atoms with van der Waals surface area (Å²) in [5, 5.41) is 10.7. The van der Waals surface area contributed by atoms with Gasteiger partial charge in [0.05, 0.1) is 6.26 Å². The average Bonchev–Trinajstić information content (AvgIpc) is 2.85. The van der Waals surface area contributed by atoms with Crippen molar-refractivity contribution in [3.8, 4) is 0 Å². The maximum Gasteiger partial charge on any atom is 0.407 e. The van der Waals surface area contributed by atoms with Crippen molar-refractivity contribution in [3.05, 3.63) is 42.7 Å². The Hall–Kier alpha value is -3.89. The van der Waals surface area contributed by atoms with Crippen LogP contribution in [0.4, 0.5) is 10.5 Å². The number of ether oxygens (including phenoxy) is 2. The molecule has 1 aromatic rings. The van der Waals surface area contributed by atoms with E-state index in [2.05, 4.69) is 32.6 Å². The summed E-state index contributed by atoms with van der Waals surface area (Å²) in [7, 11) is 0. The van der Waals surface area contributed by atoms with E-state index in [9.17, 15) is 24.0 Å². The summed E-state index contributed by atoms with van der Waals surface area (Å²) in [6.45, 7) is 13.0. The van der Waals surface area contributed by atoms with Crippen LogP contribution < -0.4 is 21.3 Å². The lowest BCUT2D eigenvalue weighted by Gasteiger charge is -2.24. The Morgan fingerprint density at radius 1 is 0.921 bits per heavy atom. The second-order valence-electron chi connectivity index (χ2n) is 9.57. The molecule has 11 nitrogen and oxygen atoms in total. The van der Waals surface area contributed by atoms with Gasteiger partial charge in [0.25, 0.3) is 0 Å². The van der Waals surface area contributed by atoms with Crippen LogP contribution in [0.3, 0.4) is 0 Å². The maximum absolute atomic E-state index is 12.8. The summed E-state index contributed by atoms with van der Waals surface area (Å²) >= 11 is 0. The molecule has 0 aliphatic carbocycles. The molecule has 1 aromatic carbocycles. The van der Waals surface area contributed by atoms with Gasteiger partial charge in [-0.2, -0.15) is 0 Å². The average molecular weight is 533 g/mol. The van der Waals surface area contributed by atoms with Crippen LogP contribution in [-0.2, 0) is 35.3 Å². The van der Waals surface area contributed by atoms with Gasteiger partial charge in [0, 0.05) is 25.1 Å². The molecule has 0 fully saturated rings. The molecular formula is C27H40N4O7. The van der Waals surface area contributed by atoms with Gasteiger partial charge in [-0.1, -0.05) is 46.4 Å². The fraction of sp³-hybridized carbons (Fsp3) is 0.519. The standard InChI is InChI=1S/C27H40N4O7/c1-7-37-23(33)10-8-9-22(32)31-24(18(4)5)26(35)29-19(6)25(34)30-21-13-11-20(12-14-21)16-38-27(36)28-15-17(2)3/h7,11-14,17-19,24H,1,8-10,15-16H2,2-6H3,(H,28,36)(H,29,35)(H,30,34)(H,31,32)/t19-,24-/m0/s1. The van der Waals surface area contributed by atoms with Gasteiger partial charge in [0.2, 0.25) is 17.7 Å². The van der Waals surface area contributed by atoms with Crippen molar-refractivity contribution in [1.82, 2.24) is 16.0 Å².